The lowest BCUT2D eigenvalue weighted by molar-refractivity contribution is -0.385. The fourth-order valence-corrected chi connectivity index (χ4v) is 3.11. The molecule has 150 valence electrons. The molecule has 0 spiro atoms. The van der Waals surface area contributed by atoms with E-state index in [9.17, 15) is 20.0 Å². The van der Waals surface area contributed by atoms with Gasteiger partial charge in [0.1, 0.15) is 12.3 Å². The Labute approximate surface area is 160 Å². The van der Waals surface area contributed by atoms with Crippen LogP contribution in [0.2, 0.25) is 0 Å². The standard InChI is InChI=1S/C18H21N3O7/c1-11-9-20(16-8-14(23)15(10-22)28-16)18(24)19-17(11)27-7-6-12-4-2-3-5-13(12)21(25)26/h2-5,9,14-16,22-23H,6-8,10H2,1H3/t14-,15+,16+/m0/s1. The van der Waals surface area contributed by atoms with Crippen LogP contribution in [0.15, 0.2) is 35.3 Å². The van der Waals surface area contributed by atoms with Gasteiger partial charge < -0.3 is 19.7 Å². The summed E-state index contributed by atoms with van der Waals surface area (Å²) in [6.45, 7) is 1.48. The van der Waals surface area contributed by atoms with Crippen molar-refractivity contribution in [2.45, 2.75) is 38.2 Å². The van der Waals surface area contributed by atoms with Gasteiger partial charge in [-0.25, -0.2) is 4.79 Å². The molecule has 2 aromatic rings. The molecule has 3 atom stereocenters. The van der Waals surface area contributed by atoms with E-state index in [4.69, 9.17) is 14.6 Å². The molecule has 0 saturated carbocycles. The van der Waals surface area contributed by atoms with E-state index in [1.165, 1.54) is 16.8 Å². The van der Waals surface area contributed by atoms with Gasteiger partial charge >= 0.3 is 5.69 Å². The summed E-state index contributed by atoms with van der Waals surface area (Å²) in [6, 6.07) is 6.38. The largest absolute Gasteiger partial charge is 0.477 e. The molecule has 0 amide bonds. The van der Waals surface area contributed by atoms with Crippen LogP contribution in [0.5, 0.6) is 5.88 Å². The van der Waals surface area contributed by atoms with Crippen LogP contribution in [0.25, 0.3) is 0 Å². The Morgan fingerprint density at radius 1 is 1.43 bits per heavy atom. The predicted molar refractivity (Wildman–Crippen MR) is 97.1 cm³/mol. The number of aromatic nitrogens is 2. The summed E-state index contributed by atoms with van der Waals surface area (Å²) in [5, 5.41) is 30.0. The number of aryl methyl sites for hydroxylation is 1. The molecule has 0 radical (unpaired) electrons. The molecule has 1 aliphatic heterocycles. The van der Waals surface area contributed by atoms with Crippen molar-refractivity contribution < 1.29 is 24.6 Å². The van der Waals surface area contributed by atoms with Gasteiger partial charge in [-0.3, -0.25) is 14.7 Å². The molecule has 28 heavy (non-hydrogen) atoms. The maximum Gasteiger partial charge on any atom is 0.352 e. The number of aliphatic hydroxyl groups excluding tert-OH is 2. The second-order valence-electron chi connectivity index (χ2n) is 6.52. The van der Waals surface area contributed by atoms with Crippen molar-refractivity contribution in [3.63, 3.8) is 0 Å². The zero-order chi connectivity index (χ0) is 20.3. The van der Waals surface area contributed by atoms with E-state index < -0.39 is 29.0 Å². The van der Waals surface area contributed by atoms with Crippen LogP contribution >= 0.6 is 0 Å². The van der Waals surface area contributed by atoms with Crippen molar-refractivity contribution >= 4 is 5.69 Å². The third-order valence-electron chi connectivity index (χ3n) is 4.58. The summed E-state index contributed by atoms with van der Waals surface area (Å²) in [4.78, 5) is 26.8. The highest BCUT2D eigenvalue weighted by Gasteiger charge is 2.35. The highest BCUT2D eigenvalue weighted by atomic mass is 16.6. The zero-order valence-electron chi connectivity index (χ0n) is 15.2. The van der Waals surface area contributed by atoms with Gasteiger partial charge in [0.15, 0.2) is 0 Å². The lowest BCUT2D eigenvalue weighted by atomic mass is 10.1. The van der Waals surface area contributed by atoms with E-state index >= 15 is 0 Å². The summed E-state index contributed by atoms with van der Waals surface area (Å²) in [6.07, 6.45) is -0.338. The van der Waals surface area contributed by atoms with Crippen molar-refractivity contribution in [3.8, 4) is 5.88 Å². The van der Waals surface area contributed by atoms with Crippen LogP contribution in [0, 0.1) is 17.0 Å². The number of ether oxygens (including phenoxy) is 2. The molecule has 2 heterocycles. The Hall–Kier alpha value is -2.82. The maximum absolute atomic E-state index is 12.3. The molecule has 1 saturated heterocycles. The number of nitrogens with zero attached hydrogens (tertiary/aromatic N) is 3. The first kappa shape index (κ1) is 19.9. The lowest BCUT2D eigenvalue weighted by Gasteiger charge is -2.16. The van der Waals surface area contributed by atoms with Crippen LogP contribution < -0.4 is 10.4 Å². The average molecular weight is 391 g/mol. The van der Waals surface area contributed by atoms with Crippen LogP contribution in [0.1, 0.15) is 23.8 Å². The van der Waals surface area contributed by atoms with E-state index in [2.05, 4.69) is 4.98 Å². The lowest BCUT2D eigenvalue weighted by Crippen LogP contribution is -2.28. The fourth-order valence-electron chi connectivity index (χ4n) is 3.11. The van der Waals surface area contributed by atoms with Crippen LogP contribution in [-0.2, 0) is 11.2 Å². The van der Waals surface area contributed by atoms with Gasteiger partial charge in [-0.1, -0.05) is 18.2 Å². The average Bonchev–Trinajstić information content (AvgIpc) is 3.05. The van der Waals surface area contributed by atoms with Crippen LogP contribution in [0.4, 0.5) is 5.69 Å². The summed E-state index contributed by atoms with van der Waals surface area (Å²) >= 11 is 0. The highest BCUT2D eigenvalue weighted by molar-refractivity contribution is 5.39. The number of aliphatic hydroxyl groups is 2. The normalized spacial score (nSPS) is 21.6. The molecule has 1 fully saturated rings. The van der Waals surface area contributed by atoms with Gasteiger partial charge in [-0.2, -0.15) is 4.98 Å². The number of benzene rings is 1. The van der Waals surface area contributed by atoms with Gasteiger partial charge in [-0.05, 0) is 6.92 Å². The first-order valence-corrected chi connectivity index (χ1v) is 8.80. The highest BCUT2D eigenvalue weighted by Crippen LogP contribution is 2.28. The van der Waals surface area contributed by atoms with Gasteiger partial charge in [0.2, 0.25) is 5.88 Å². The van der Waals surface area contributed by atoms with Gasteiger partial charge in [0.05, 0.1) is 24.2 Å². The molecule has 10 heteroatoms. The topological polar surface area (TPSA) is 137 Å². The van der Waals surface area contributed by atoms with E-state index in [1.807, 2.05) is 0 Å². The summed E-state index contributed by atoms with van der Waals surface area (Å²) in [5.74, 6) is 0.136. The zero-order valence-corrected chi connectivity index (χ0v) is 15.2. The van der Waals surface area contributed by atoms with Gasteiger partial charge in [-0.15, -0.1) is 0 Å². The molecule has 1 aromatic heterocycles. The second-order valence-corrected chi connectivity index (χ2v) is 6.52. The van der Waals surface area contributed by atoms with Crippen molar-refractivity contribution in [2.75, 3.05) is 13.2 Å². The maximum atomic E-state index is 12.3. The summed E-state index contributed by atoms with van der Waals surface area (Å²) in [5.41, 5.74) is 0.512. The second kappa shape index (κ2) is 8.46. The smallest absolute Gasteiger partial charge is 0.352 e. The number of rotatable bonds is 7. The molecule has 0 unspecified atom stereocenters. The van der Waals surface area contributed by atoms with Gasteiger partial charge in [0.25, 0.3) is 5.69 Å². The van der Waals surface area contributed by atoms with Crippen LogP contribution in [-0.4, -0.2) is 50.1 Å². The Balaban J connectivity index is 1.69. The quantitative estimate of drug-likeness (QED) is 0.520. The first-order chi connectivity index (χ1) is 13.4. The van der Waals surface area contributed by atoms with Crippen molar-refractivity contribution in [1.82, 2.24) is 9.55 Å². The third kappa shape index (κ3) is 4.19. The first-order valence-electron chi connectivity index (χ1n) is 8.80. The van der Waals surface area contributed by atoms with Crippen molar-refractivity contribution in [1.29, 1.82) is 0 Å². The van der Waals surface area contributed by atoms with E-state index in [1.54, 1.807) is 25.1 Å². The van der Waals surface area contributed by atoms with E-state index in [-0.39, 0.29) is 37.6 Å². The molecule has 0 bridgehead atoms. The number of hydrogen-bond donors (Lipinski definition) is 2. The minimum Gasteiger partial charge on any atom is -0.477 e. The molecular weight excluding hydrogens is 370 g/mol. The number of nitro groups is 1. The van der Waals surface area contributed by atoms with E-state index in [0.29, 0.717) is 11.1 Å². The number of para-hydroxylation sites is 1. The van der Waals surface area contributed by atoms with Crippen molar-refractivity contribution in [2.24, 2.45) is 0 Å². The predicted octanol–water partition coefficient (Wildman–Crippen LogP) is 0.722. The SMILES string of the molecule is Cc1cn([C@H]2C[C@H](O)[C@@H](CO)O2)c(=O)nc1OCCc1ccccc1[N+](=O)[O-]. The molecular formula is C18H21N3O7. The molecule has 0 aliphatic carbocycles. The Morgan fingerprint density at radius 3 is 2.86 bits per heavy atom. The molecule has 3 rings (SSSR count). The minimum atomic E-state index is -0.861. The van der Waals surface area contributed by atoms with E-state index in [0.717, 1.165) is 0 Å². The number of nitro benzene ring substituents is 1. The monoisotopic (exact) mass is 391 g/mol. The summed E-state index contributed by atoms with van der Waals surface area (Å²) in [7, 11) is 0. The molecule has 1 aromatic carbocycles. The molecule has 2 N–H and O–H groups in total. The Kier molecular flexibility index (Phi) is 6.02. The van der Waals surface area contributed by atoms with Gasteiger partial charge in [0, 0.05) is 36.2 Å². The summed E-state index contributed by atoms with van der Waals surface area (Å²) < 4.78 is 12.3. The molecule has 1 aliphatic rings. The minimum absolute atomic E-state index is 0.0153. The van der Waals surface area contributed by atoms with Crippen molar-refractivity contribution in [3.05, 3.63) is 62.2 Å². The fraction of sp³-hybridized carbons (Fsp3) is 0.444. The third-order valence-corrected chi connectivity index (χ3v) is 4.58. The Bertz CT molecular complexity index is 914. The van der Waals surface area contributed by atoms with Crippen LogP contribution in [0.3, 0.4) is 0 Å². The number of hydrogen-bond acceptors (Lipinski definition) is 8. The molecule has 10 nitrogen and oxygen atoms in total. The Morgan fingerprint density at radius 2 is 2.18 bits per heavy atom.